The maximum absolute atomic E-state index is 16.0. The van der Waals surface area contributed by atoms with Crippen LogP contribution in [0.2, 0.25) is 0 Å². The molecular weight excluding hydrogens is 850 g/mol. The molecule has 330 valence electrons. The Balaban J connectivity index is 0.847. The molecule has 0 aliphatic carbocycles. The normalized spacial score (nSPS) is 17.9. The number of aromatic hydroxyl groups is 1. The van der Waals surface area contributed by atoms with Gasteiger partial charge in [-0.15, -0.1) is 32.9 Å². The summed E-state index contributed by atoms with van der Waals surface area (Å²) in [6.45, 7) is 11.3. The molecular formula is C49H50FN7O5S2. The monoisotopic (exact) mass is 899 g/mol. The van der Waals surface area contributed by atoms with Crippen molar-refractivity contribution in [1.29, 1.82) is 0 Å². The number of fused-ring (bicyclic) bond motifs is 1. The maximum Gasteiger partial charge on any atom is 0.243 e. The van der Waals surface area contributed by atoms with Gasteiger partial charge in [0.15, 0.2) is 0 Å². The van der Waals surface area contributed by atoms with Crippen LogP contribution in [0.5, 0.6) is 5.75 Å². The number of β-amino-alcohol motifs (C(OH)–C–C–N with tert-alkyl or cyclic N) is 1. The van der Waals surface area contributed by atoms with Crippen molar-refractivity contribution in [3.63, 3.8) is 0 Å². The van der Waals surface area contributed by atoms with Gasteiger partial charge in [0.05, 0.1) is 33.9 Å². The molecule has 4 atom stereocenters. The number of thiazole rings is 1. The number of hydrogen-bond acceptors (Lipinski definition) is 12. The Morgan fingerprint density at radius 1 is 0.938 bits per heavy atom. The second kappa shape index (κ2) is 17.9. The number of phenolic OH excluding ortho intramolecular Hbond substituents is 1. The number of para-hydroxylation sites is 1. The Hall–Kier alpha value is -6.03. The fourth-order valence-electron chi connectivity index (χ4n) is 9.24. The number of thiophene rings is 1. The molecule has 64 heavy (non-hydrogen) atoms. The highest BCUT2D eigenvalue weighted by Crippen LogP contribution is 2.42. The highest BCUT2D eigenvalue weighted by molar-refractivity contribution is 7.19. The van der Waals surface area contributed by atoms with Gasteiger partial charge in [-0.05, 0) is 98.5 Å². The second-order valence-electron chi connectivity index (χ2n) is 17.3. The lowest BCUT2D eigenvalue weighted by Gasteiger charge is -2.33. The fourth-order valence-corrected chi connectivity index (χ4v) is 11.3. The zero-order chi connectivity index (χ0) is 44.8. The zero-order valence-corrected chi connectivity index (χ0v) is 37.9. The Morgan fingerprint density at radius 2 is 1.70 bits per heavy atom. The number of carbonyl (C=O) groups excluding carboxylic acids is 2. The van der Waals surface area contributed by atoms with Crippen molar-refractivity contribution in [2.24, 2.45) is 5.92 Å². The van der Waals surface area contributed by atoms with E-state index in [0.29, 0.717) is 17.2 Å². The SMILES string of the molecule is Cc1ncsc1-c1ccc([C@H](C)NC(=O)[C@@H]2C[C@@H](O)CN2C(=O)[C@@H](c2cc(-c3ccc(N4CCC(c5sc6nnc(-c7ccccc7O)cc6c5C)CC4)cc3F)no2)C(C)C)cc1. The number of amides is 2. The summed E-state index contributed by atoms with van der Waals surface area (Å²) < 4.78 is 21.8. The maximum atomic E-state index is 16.0. The molecule has 0 saturated carbocycles. The van der Waals surface area contributed by atoms with Gasteiger partial charge in [-0.1, -0.05) is 55.4 Å². The average Bonchev–Trinajstić information content (AvgIpc) is 4.10. The molecule has 9 rings (SSSR count). The summed E-state index contributed by atoms with van der Waals surface area (Å²) >= 11 is 3.25. The van der Waals surface area contributed by atoms with Gasteiger partial charge in [-0.25, -0.2) is 9.37 Å². The Labute approximate surface area is 378 Å². The van der Waals surface area contributed by atoms with E-state index >= 15 is 4.39 Å². The average molecular weight is 900 g/mol. The predicted molar refractivity (Wildman–Crippen MR) is 248 cm³/mol. The van der Waals surface area contributed by atoms with E-state index in [-0.39, 0.29) is 59.5 Å². The van der Waals surface area contributed by atoms with E-state index in [1.165, 1.54) is 21.4 Å². The number of anilines is 1. The molecule has 7 aromatic rings. The first kappa shape index (κ1) is 43.2. The summed E-state index contributed by atoms with van der Waals surface area (Å²) in [5.74, 6) is -1.47. The van der Waals surface area contributed by atoms with Gasteiger partial charge >= 0.3 is 0 Å². The molecule has 0 radical (unpaired) electrons. The minimum Gasteiger partial charge on any atom is -0.507 e. The number of piperidine rings is 1. The zero-order valence-electron chi connectivity index (χ0n) is 36.3. The number of hydrogen-bond donors (Lipinski definition) is 3. The summed E-state index contributed by atoms with van der Waals surface area (Å²) in [5, 5.41) is 38.4. The molecule has 15 heteroatoms. The molecule has 6 heterocycles. The van der Waals surface area contributed by atoms with Crippen molar-refractivity contribution in [3.8, 4) is 38.7 Å². The number of likely N-dealkylation sites (tertiary alicyclic amines) is 1. The molecule has 0 bridgehead atoms. The first-order valence-corrected chi connectivity index (χ1v) is 23.4. The van der Waals surface area contributed by atoms with Crippen LogP contribution >= 0.6 is 22.7 Å². The van der Waals surface area contributed by atoms with Gasteiger partial charge in [0.1, 0.15) is 39.8 Å². The number of phenols is 1. The number of aliphatic hydroxyl groups excluding tert-OH is 1. The molecule has 3 N–H and O–H groups in total. The topological polar surface area (TPSA) is 158 Å². The lowest BCUT2D eigenvalue weighted by atomic mass is 9.90. The van der Waals surface area contributed by atoms with Crippen LogP contribution in [0.1, 0.15) is 85.4 Å². The minimum atomic E-state index is -0.879. The number of benzene rings is 3. The summed E-state index contributed by atoms with van der Waals surface area (Å²) in [6, 6.07) is 22.6. The van der Waals surface area contributed by atoms with Crippen molar-refractivity contribution in [3.05, 3.63) is 118 Å². The number of aryl methyl sites for hydroxylation is 2. The summed E-state index contributed by atoms with van der Waals surface area (Å²) in [5.41, 5.74) is 8.52. The van der Waals surface area contributed by atoms with Gasteiger partial charge < -0.3 is 29.9 Å². The van der Waals surface area contributed by atoms with E-state index in [4.69, 9.17) is 4.52 Å². The van der Waals surface area contributed by atoms with Crippen molar-refractivity contribution >= 4 is 50.4 Å². The Bertz CT molecular complexity index is 2830. The number of aliphatic hydroxyl groups is 1. The van der Waals surface area contributed by atoms with E-state index in [2.05, 4.69) is 37.5 Å². The largest absolute Gasteiger partial charge is 0.507 e. The molecule has 2 saturated heterocycles. The lowest BCUT2D eigenvalue weighted by molar-refractivity contribution is -0.141. The van der Waals surface area contributed by atoms with Crippen LogP contribution in [0, 0.1) is 25.6 Å². The first-order chi connectivity index (χ1) is 30.8. The summed E-state index contributed by atoms with van der Waals surface area (Å²) in [7, 11) is 0. The quantitative estimate of drug-likeness (QED) is 0.114. The number of carbonyl (C=O) groups is 2. The number of nitrogens with one attached hydrogen (secondary N) is 1. The standard InChI is InChI=1S/C49H50FN7O5S2/c1-26(2)44(49(61)57-24-34(58)21-41(57)47(60)52-28(4)30-10-12-31(13-11-30)46-29(5)51-25-63-46)43-23-40(55-62-43)35-15-14-33(20-38(35)50)56-18-16-32(17-19-56)45-27(3)37-22-39(53-54-48(37)64-45)36-8-6-7-9-42(36)59/h6-15,20,22-23,25-26,28,32,34,41,44,58-59H,16-19,21,24H2,1-5H3,(H,52,60)/t28-,34+,41-,44+/m0/s1. The third-order valence-corrected chi connectivity index (χ3v) is 15.1. The molecule has 2 fully saturated rings. The fraction of sp³-hybridized carbons (Fsp3) is 0.347. The number of nitrogens with zero attached hydrogens (tertiary/aromatic N) is 6. The van der Waals surface area contributed by atoms with Crippen LogP contribution in [-0.2, 0) is 9.59 Å². The smallest absolute Gasteiger partial charge is 0.243 e. The van der Waals surface area contributed by atoms with E-state index in [0.717, 1.165) is 63.5 Å². The van der Waals surface area contributed by atoms with Crippen molar-refractivity contribution in [2.75, 3.05) is 24.5 Å². The number of rotatable bonds is 11. The minimum absolute atomic E-state index is 0.00580. The van der Waals surface area contributed by atoms with Gasteiger partial charge in [0.2, 0.25) is 11.8 Å². The van der Waals surface area contributed by atoms with E-state index in [1.807, 2.05) is 81.7 Å². The first-order valence-electron chi connectivity index (χ1n) is 21.7. The van der Waals surface area contributed by atoms with Gasteiger partial charge in [0, 0.05) is 59.2 Å². The Kier molecular flexibility index (Phi) is 12.1. The van der Waals surface area contributed by atoms with E-state index < -0.39 is 23.9 Å². The lowest BCUT2D eigenvalue weighted by Crippen LogP contribution is -2.48. The van der Waals surface area contributed by atoms with Crippen molar-refractivity contribution in [2.45, 2.75) is 83.9 Å². The molecule has 0 unspecified atom stereocenters. The van der Waals surface area contributed by atoms with Gasteiger partial charge in [-0.2, -0.15) is 0 Å². The second-order valence-corrected chi connectivity index (χ2v) is 19.2. The van der Waals surface area contributed by atoms with Crippen LogP contribution in [-0.4, -0.2) is 79.0 Å². The van der Waals surface area contributed by atoms with Crippen LogP contribution in [0.3, 0.4) is 0 Å². The van der Waals surface area contributed by atoms with Crippen LogP contribution in [0.4, 0.5) is 10.1 Å². The third kappa shape index (κ3) is 8.39. The van der Waals surface area contributed by atoms with Crippen molar-refractivity contribution in [1.82, 2.24) is 30.6 Å². The molecule has 2 aliphatic heterocycles. The molecule has 0 spiro atoms. The third-order valence-electron chi connectivity index (χ3n) is 12.8. The molecule has 2 amide bonds. The van der Waals surface area contributed by atoms with Crippen LogP contribution in [0.15, 0.2) is 88.9 Å². The highest BCUT2D eigenvalue weighted by atomic mass is 32.1. The Morgan fingerprint density at radius 3 is 2.41 bits per heavy atom. The molecule has 12 nitrogen and oxygen atoms in total. The van der Waals surface area contributed by atoms with Crippen LogP contribution in [0.25, 0.3) is 43.2 Å². The predicted octanol–water partition coefficient (Wildman–Crippen LogP) is 9.56. The molecule has 2 aliphatic rings. The van der Waals surface area contributed by atoms with Crippen molar-refractivity contribution < 1.29 is 28.7 Å². The van der Waals surface area contributed by atoms with E-state index in [1.54, 1.807) is 46.9 Å². The molecule has 4 aromatic heterocycles. The highest BCUT2D eigenvalue weighted by Gasteiger charge is 2.43. The number of halogens is 1. The molecule has 3 aromatic carbocycles. The van der Waals surface area contributed by atoms with Gasteiger partial charge in [-0.3, -0.25) is 9.59 Å². The van der Waals surface area contributed by atoms with Crippen LogP contribution < -0.4 is 10.2 Å². The summed E-state index contributed by atoms with van der Waals surface area (Å²) in [4.78, 5) is 39.3. The number of aromatic nitrogens is 4. The summed E-state index contributed by atoms with van der Waals surface area (Å²) in [6.07, 6.45) is 1.03. The van der Waals surface area contributed by atoms with Gasteiger partial charge in [0.25, 0.3) is 0 Å². The van der Waals surface area contributed by atoms with E-state index in [9.17, 15) is 19.8 Å².